The Morgan fingerprint density at radius 2 is 1.57 bits per heavy atom. The molecule has 23 heavy (non-hydrogen) atoms. The molecular weight excluding hydrogens is 304 g/mol. The summed E-state index contributed by atoms with van der Waals surface area (Å²) in [5.41, 5.74) is 11.4. The van der Waals surface area contributed by atoms with Crippen molar-refractivity contribution in [1.29, 1.82) is 0 Å². The maximum atomic E-state index is 10.5. The molecule has 0 bridgehead atoms. The molecular formula is C15H22N2O6. The molecule has 0 aliphatic carbocycles. The average molecular weight is 326 g/mol. The molecule has 8 nitrogen and oxygen atoms in total. The van der Waals surface area contributed by atoms with Gasteiger partial charge in [-0.15, -0.1) is 0 Å². The lowest BCUT2D eigenvalue weighted by atomic mass is 10.1. The lowest BCUT2D eigenvalue weighted by molar-refractivity contribution is -0.142. The van der Waals surface area contributed by atoms with Crippen LogP contribution in [-0.4, -0.2) is 47.3 Å². The predicted octanol–water partition coefficient (Wildman–Crippen LogP) is -0.00750. The summed E-state index contributed by atoms with van der Waals surface area (Å²) in [6.07, 6.45) is 0.544. The maximum absolute atomic E-state index is 10.5. The topological polar surface area (TPSA) is 153 Å². The summed E-state index contributed by atoms with van der Waals surface area (Å²) >= 11 is 0. The van der Waals surface area contributed by atoms with E-state index in [2.05, 4.69) is 4.74 Å². The monoisotopic (exact) mass is 326 g/mol. The number of carboxylic acids is 2. The highest BCUT2D eigenvalue weighted by atomic mass is 16.5. The van der Waals surface area contributed by atoms with Crippen LogP contribution in [0.25, 0.3) is 0 Å². The van der Waals surface area contributed by atoms with Crippen LogP contribution >= 0.6 is 0 Å². The van der Waals surface area contributed by atoms with Crippen LogP contribution in [0.5, 0.6) is 0 Å². The molecule has 1 aromatic carbocycles. The Labute approximate surface area is 134 Å². The summed E-state index contributed by atoms with van der Waals surface area (Å²) < 4.78 is 4.29. The number of aliphatic carboxylic acids is 2. The summed E-state index contributed by atoms with van der Waals surface area (Å²) in [6, 6.07) is 7.57. The third-order valence-electron chi connectivity index (χ3n) is 2.82. The Balaban J connectivity index is 0.000000423. The van der Waals surface area contributed by atoms with Gasteiger partial charge in [-0.3, -0.25) is 14.4 Å². The molecule has 0 saturated heterocycles. The smallest absolute Gasteiger partial charge is 0.320 e. The number of hydrogen-bond acceptors (Lipinski definition) is 6. The summed E-state index contributed by atoms with van der Waals surface area (Å²) in [4.78, 5) is 31.0. The van der Waals surface area contributed by atoms with Gasteiger partial charge in [-0.1, -0.05) is 30.3 Å². The van der Waals surface area contributed by atoms with E-state index >= 15 is 0 Å². The zero-order chi connectivity index (χ0) is 17.8. The number of ether oxygens (including phenoxy) is 1. The molecule has 0 fully saturated rings. The van der Waals surface area contributed by atoms with Crippen molar-refractivity contribution in [2.24, 2.45) is 11.5 Å². The third-order valence-corrected chi connectivity index (χ3v) is 2.82. The standard InChI is InChI=1S/C9H11NO2.C6H11NO4/c10-8(9(11)12)6-7-4-2-1-3-5-7;1-11-5(8)3-2-4(7)6(9)10/h1-5,8H,6,10H2,(H,11,12);4H,2-3,7H2,1H3,(H,9,10)/t8-;4-/m00/s1. The minimum atomic E-state index is -1.10. The molecule has 0 aromatic heterocycles. The van der Waals surface area contributed by atoms with Crippen molar-refractivity contribution in [2.75, 3.05) is 7.11 Å². The van der Waals surface area contributed by atoms with Gasteiger partial charge >= 0.3 is 17.9 Å². The van der Waals surface area contributed by atoms with E-state index in [9.17, 15) is 14.4 Å². The third kappa shape index (κ3) is 9.99. The van der Waals surface area contributed by atoms with Gasteiger partial charge in [-0.25, -0.2) is 0 Å². The molecule has 0 saturated carbocycles. The first-order valence-electron chi connectivity index (χ1n) is 6.85. The molecule has 0 unspecified atom stereocenters. The van der Waals surface area contributed by atoms with Crippen molar-refractivity contribution >= 4 is 17.9 Å². The second kappa shape index (κ2) is 11.2. The zero-order valence-corrected chi connectivity index (χ0v) is 12.8. The molecule has 0 heterocycles. The molecule has 6 N–H and O–H groups in total. The number of methoxy groups -OCH3 is 1. The minimum absolute atomic E-state index is 0.0456. The molecule has 1 aromatic rings. The Bertz CT molecular complexity index is 506. The fourth-order valence-electron chi connectivity index (χ4n) is 1.45. The Hall–Kier alpha value is -2.45. The highest BCUT2D eigenvalue weighted by molar-refractivity contribution is 5.75. The minimum Gasteiger partial charge on any atom is -0.480 e. The number of rotatable bonds is 7. The normalized spacial score (nSPS) is 12.3. The first-order valence-corrected chi connectivity index (χ1v) is 6.85. The predicted molar refractivity (Wildman–Crippen MR) is 82.6 cm³/mol. The van der Waals surface area contributed by atoms with E-state index in [1.54, 1.807) is 0 Å². The second-order valence-electron chi connectivity index (χ2n) is 4.69. The van der Waals surface area contributed by atoms with Gasteiger partial charge in [0, 0.05) is 6.42 Å². The molecule has 0 amide bonds. The fraction of sp³-hybridized carbons (Fsp3) is 0.400. The van der Waals surface area contributed by atoms with E-state index in [1.165, 1.54) is 7.11 Å². The number of carboxylic acid groups (broad SMARTS) is 2. The molecule has 0 radical (unpaired) electrons. The first kappa shape index (κ1) is 20.6. The van der Waals surface area contributed by atoms with E-state index < -0.39 is 30.0 Å². The molecule has 1 rings (SSSR count). The highest BCUT2D eigenvalue weighted by Crippen LogP contribution is 2.01. The zero-order valence-electron chi connectivity index (χ0n) is 12.8. The lowest BCUT2D eigenvalue weighted by Gasteiger charge is -2.04. The van der Waals surface area contributed by atoms with Gasteiger partial charge in [0.25, 0.3) is 0 Å². The van der Waals surface area contributed by atoms with Gasteiger partial charge in [0.2, 0.25) is 0 Å². The molecule has 128 valence electrons. The van der Waals surface area contributed by atoms with E-state index in [0.29, 0.717) is 6.42 Å². The number of carbonyl (C=O) groups excluding carboxylic acids is 1. The summed E-state index contributed by atoms with van der Waals surface area (Å²) in [7, 11) is 1.24. The number of nitrogens with two attached hydrogens (primary N) is 2. The van der Waals surface area contributed by atoms with Crippen LogP contribution in [0.15, 0.2) is 30.3 Å². The molecule has 8 heteroatoms. The molecule has 0 aliphatic rings. The van der Waals surface area contributed by atoms with Gasteiger partial charge < -0.3 is 26.4 Å². The SMILES string of the molecule is COC(=O)CC[C@H](N)C(=O)O.N[C@@H](Cc1ccccc1)C(=O)O. The van der Waals surface area contributed by atoms with Crippen LogP contribution in [-0.2, 0) is 25.5 Å². The van der Waals surface area contributed by atoms with Gasteiger partial charge in [0.1, 0.15) is 12.1 Å². The van der Waals surface area contributed by atoms with E-state index in [1.807, 2.05) is 30.3 Å². The van der Waals surface area contributed by atoms with Gasteiger partial charge in [-0.05, 0) is 18.4 Å². The maximum Gasteiger partial charge on any atom is 0.320 e. The van der Waals surface area contributed by atoms with Gasteiger partial charge in [-0.2, -0.15) is 0 Å². The quantitative estimate of drug-likeness (QED) is 0.510. The van der Waals surface area contributed by atoms with Gasteiger partial charge in [0.15, 0.2) is 0 Å². The summed E-state index contributed by atoms with van der Waals surface area (Å²) in [5.74, 6) is -2.51. The summed E-state index contributed by atoms with van der Waals surface area (Å²) in [5, 5.41) is 16.8. The highest BCUT2D eigenvalue weighted by Gasteiger charge is 2.13. The van der Waals surface area contributed by atoms with Crippen molar-refractivity contribution in [3.63, 3.8) is 0 Å². The van der Waals surface area contributed by atoms with Crippen LogP contribution < -0.4 is 11.5 Å². The lowest BCUT2D eigenvalue weighted by Crippen LogP contribution is -2.32. The van der Waals surface area contributed by atoms with E-state index in [4.69, 9.17) is 21.7 Å². The van der Waals surface area contributed by atoms with E-state index in [-0.39, 0.29) is 12.8 Å². The van der Waals surface area contributed by atoms with Crippen LogP contribution in [0.2, 0.25) is 0 Å². The fourth-order valence-corrected chi connectivity index (χ4v) is 1.45. The largest absolute Gasteiger partial charge is 0.480 e. The van der Waals surface area contributed by atoms with Crippen LogP contribution in [0.1, 0.15) is 18.4 Å². The van der Waals surface area contributed by atoms with E-state index in [0.717, 1.165) is 5.56 Å². The van der Waals surface area contributed by atoms with Crippen LogP contribution in [0.4, 0.5) is 0 Å². The molecule has 0 spiro atoms. The number of benzene rings is 1. The Morgan fingerprint density at radius 1 is 1.04 bits per heavy atom. The van der Waals surface area contributed by atoms with Gasteiger partial charge in [0.05, 0.1) is 7.11 Å². The molecule has 2 atom stereocenters. The van der Waals surface area contributed by atoms with Crippen molar-refractivity contribution in [1.82, 2.24) is 0 Å². The first-order chi connectivity index (χ1) is 10.8. The van der Waals surface area contributed by atoms with Crippen molar-refractivity contribution in [3.05, 3.63) is 35.9 Å². The van der Waals surface area contributed by atoms with Crippen molar-refractivity contribution in [2.45, 2.75) is 31.3 Å². The second-order valence-corrected chi connectivity index (χ2v) is 4.69. The number of esters is 1. The Kier molecular flexibility index (Phi) is 9.97. The van der Waals surface area contributed by atoms with Crippen molar-refractivity contribution < 1.29 is 29.3 Å². The Morgan fingerprint density at radius 3 is 2.00 bits per heavy atom. The summed E-state index contributed by atoms with van der Waals surface area (Å²) in [6.45, 7) is 0. The van der Waals surface area contributed by atoms with Crippen LogP contribution in [0.3, 0.4) is 0 Å². The van der Waals surface area contributed by atoms with Crippen LogP contribution in [0, 0.1) is 0 Å². The van der Waals surface area contributed by atoms with Crippen molar-refractivity contribution in [3.8, 4) is 0 Å². The number of carbonyl (C=O) groups is 3. The number of hydrogen-bond donors (Lipinski definition) is 4. The average Bonchev–Trinajstić information content (AvgIpc) is 2.53. The molecule has 0 aliphatic heterocycles.